The highest BCUT2D eigenvalue weighted by atomic mass is 16.5. The zero-order chi connectivity index (χ0) is 13.5. The normalized spacial score (nSPS) is 8.47. The molecule has 0 aromatic heterocycles. The predicted octanol–water partition coefficient (Wildman–Crippen LogP) is -0.614. The van der Waals surface area contributed by atoms with Crippen LogP contribution in [0.5, 0.6) is 11.5 Å². The summed E-state index contributed by atoms with van der Waals surface area (Å²) in [5.41, 5.74) is 5.06. The van der Waals surface area contributed by atoms with Gasteiger partial charge in [0.25, 0.3) is 0 Å². The lowest BCUT2D eigenvalue weighted by atomic mass is 10.3. The number of hydrogen-bond acceptors (Lipinski definition) is 7. The van der Waals surface area contributed by atoms with Gasteiger partial charge in [-0.3, -0.25) is 0 Å². The molecule has 0 unspecified atom stereocenters. The molecule has 100 valence electrons. The summed E-state index contributed by atoms with van der Waals surface area (Å²) in [5, 5.41) is 32.0. The number of hydrogen-bond donors (Lipinski definition) is 6. The summed E-state index contributed by atoms with van der Waals surface area (Å²) in [7, 11) is 0. The number of aliphatic hydroxyl groups excluding tert-OH is 1. The molecule has 0 amide bonds. The molecule has 8 N–H and O–H groups in total. The second-order valence-electron chi connectivity index (χ2n) is 2.61. The van der Waals surface area contributed by atoms with Gasteiger partial charge in [-0.15, -0.1) is 0 Å². The number of aliphatic hydroxyl groups is 1. The molecule has 0 bridgehead atoms. The van der Waals surface area contributed by atoms with Crippen molar-refractivity contribution in [2.24, 2.45) is 11.6 Å². The van der Waals surface area contributed by atoms with Gasteiger partial charge in [0.15, 0.2) is 11.5 Å². The topological polar surface area (TPSA) is 142 Å². The van der Waals surface area contributed by atoms with Gasteiger partial charge in [0.1, 0.15) is 0 Å². The first-order chi connectivity index (χ1) is 8.22. The third-order valence-corrected chi connectivity index (χ3v) is 1.38. The monoisotopic (exact) mass is 248 g/mol. The highest BCUT2D eigenvalue weighted by Gasteiger charge is 1.90. The highest BCUT2D eigenvalue weighted by Crippen LogP contribution is 2.21. The number of phenolic OH excluding ortho intramolecular Hbond substituents is 2. The first-order valence-electron chi connectivity index (χ1n) is 4.83. The molecule has 7 heteroatoms. The molecule has 0 saturated heterocycles. The van der Waals surface area contributed by atoms with Crippen molar-refractivity contribution < 1.29 is 25.3 Å². The standard InChI is InChI=1S/C6H6O2.C4H11NO2.H3NO/c7-5-3-1-2-4-6(5)8;5-1-3-7-4-2-6;1-2/h1-4,7-8H;6H,1-5H2;2H,1H2. The van der Waals surface area contributed by atoms with Crippen molar-refractivity contribution in [3.63, 3.8) is 0 Å². The molecular formula is C10H20N2O5. The highest BCUT2D eigenvalue weighted by molar-refractivity contribution is 5.36. The summed E-state index contributed by atoms with van der Waals surface area (Å²) in [6.07, 6.45) is 0. The van der Waals surface area contributed by atoms with E-state index in [4.69, 9.17) is 31.0 Å². The number of para-hydroxylation sites is 2. The molecule has 7 nitrogen and oxygen atoms in total. The van der Waals surface area contributed by atoms with E-state index in [1.165, 1.54) is 12.1 Å². The van der Waals surface area contributed by atoms with E-state index in [-0.39, 0.29) is 18.1 Å². The van der Waals surface area contributed by atoms with E-state index in [1.54, 1.807) is 12.1 Å². The zero-order valence-corrected chi connectivity index (χ0v) is 9.49. The fraction of sp³-hybridized carbons (Fsp3) is 0.400. The molecule has 0 fully saturated rings. The van der Waals surface area contributed by atoms with Crippen LogP contribution < -0.4 is 11.6 Å². The summed E-state index contributed by atoms with van der Waals surface area (Å²) in [4.78, 5) is 0. The Morgan fingerprint density at radius 2 is 1.47 bits per heavy atom. The lowest BCUT2D eigenvalue weighted by molar-refractivity contribution is 0.0976. The van der Waals surface area contributed by atoms with Crippen molar-refractivity contribution in [3.05, 3.63) is 24.3 Å². The van der Waals surface area contributed by atoms with Crippen LogP contribution >= 0.6 is 0 Å². The third-order valence-electron chi connectivity index (χ3n) is 1.38. The van der Waals surface area contributed by atoms with Crippen molar-refractivity contribution >= 4 is 0 Å². The van der Waals surface area contributed by atoms with Crippen LogP contribution in [-0.2, 0) is 4.74 Å². The van der Waals surface area contributed by atoms with Crippen molar-refractivity contribution in [1.29, 1.82) is 0 Å². The molecule has 1 aromatic carbocycles. The fourth-order valence-electron chi connectivity index (χ4n) is 0.714. The molecule has 0 atom stereocenters. The minimum Gasteiger partial charge on any atom is -0.504 e. The van der Waals surface area contributed by atoms with E-state index in [0.29, 0.717) is 19.8 Å². The summed E-state index contributed by atoms with van der Waals surface area (Å²) < 4.78 is 4.76. The van der Waals surface area contributed by atoms with Crippen LogP contribution in [0.25, 0.3) is 0 Å². The van der Waals surface area contributed by atoms with E-state index >= 15 is 0 Å². The maximum atomic E-state index is 8.67. The molecule has 0 heterocycles. The molecule has 0 aliphatic carbocycles. The minimum atomic E-state index is -0.0764. The van der Waals surface area contributed by atoms with Gasteiger partial charge in [0.05, 0.1) is 19.8 Å². The molecule has 1 aromatic rings. The van der Waals surface area contributed by atoms with Crippen molar-refractivity contribution in [2.75, 3.05) is 26.4 Å². The van der Waals surface area contributed by atoms with E-state index in [2.05, 4.69) is 5.90 Å². The summed E-state index contributed by atoms with van der Waals surface area (Å²) in [6.45, 7) is 1.55. The molecular weight excluding hydrogens is 228 g/mol. The van der Waals surface area contributed by atoms with Gasteiger partial charge in [-0.25, -0.2) is 5.90 Å². The van der Waals surface area contributed by atoms with Crippen LogP contribution in [-0.4, -0.2) is 46.9 Å². The molecule has 17 heavy (non-hydrogen) atoms. The quantitative estimate of drug-likeness (QED) is 0.237. The Hall–Kier alpha value is -1.38. The minimum absolute atomic E-state index is 0.0764. The Bertz CT molecular complexity index is 235. The van der Waals surface area contributed by atoms with Gasteiger partial charge >= 0.3 is 0 Å². The van der Waals surface area contributed by atoms with E-state index in [0.717, 1.165) is 0 Å². The van der Waals surface area contributed by atoms with Gasteiger partial charge in [0, 0.05) is 6.54 Å². The largest absolute Gasteiger partial charge is 0.504 e. The van der Waals surface area contributed by atoms with Gasteiger partial charge < -0.3 is 31.0 Å². The maximum absolute atomic E-state index is 8.67. The molecule has 0 aliphatic heterocycles. The average molecular weight is 248 g/mol. The van der Waals surface area contributed by atoms with Crippen LogP contribution in [0.3, 0.4) is 0 Å². The summed E-state index contributed by atoms with van der Waals surface area (Å²) in [5.74, 6) is 3.35. The van der Waals surface area contributed by atoms with Gasteiger partial charge in [0.2, 0.25) is 0 Å². The van der Waals surface area contributed by atoms with Gasteiger partial charge in [-0.2, -0.15) is 0 Å². The Kier molecular flexibility index (Phi) is 15.5. The number of phenols is 2. The van der Waals surface area contributed by atoms with Crippen LogP contribution in [0.4, 0.5) is 0 Å². The van der Waals surface area contributed by atoms with Gasteiger partial charge in [-0.05, 0) is 12.1 Å². The van der Waals surface area contributed by atoms with Crippen molar-refractivity contribution in [3.8, 4) is 11.5 Å². The van der Waals surface area contributed by atoms with Gasteiger partial charge in [-0.1, -0.05) is 12.1 Å². The molecule has 0 radical (unpaired) electrons. The number of benzene rings is 1. The first-order valence-corrected chi connectivity index (χ1v) is 4.83. The fourth-order valence-corrected chi connectivity index (χ4v) is 0.714. The number of ether oxygens (including phenoxy) is 1. The Morgan fingerprint density at radius 3 is 1.76 bits per heavy atom. The second kappa shape index (κ2) is 14.6. The third kappa shape index (κ3) is 12.6. The Labute approximate surface area is 99.8 Å². The Morgan fingerprint density at radius 1 is 1.00 bits per heavy atom. The van der Waals surface area contributed by atoms with Crippen LogP contribution in [0.2, 0.25) is 0 Å². The lowest BCUT2D eigenvalue weighted by Crippen LogP contribution is -2.10. The number of nitrogens with two attached hydrogens (primary N) is 2. The lowest BCUT2D eigenvalue weighted by Gasteiger charge is -1.95. The molecule has 1 rings (SSSR count). The SMILES string of the molecule is NCCOCCO.NO.Oc1ccccc1O. The summed E-state index contributed by atoms with van der Waals surface area (Å²) in [6, 6.07) is 6.15. The smallest absolute Gasteiger partial charge is 0.157 e. The number of aromatic hydroxyl groups is 2. The summed E-state index contributed by atoms with van der Waals surface area (Å²) >= 11 is 0. The second-order valence-corrected chi connectivity index (χ2v) is 2.61. The van der Waals surface area contributed by atoms with Crippen LogP contribution in [0, 0.1) is 0 Å². The van der Waals surface area contributed by atoms with E-state index < -0.39 is 0 Å². The van der Waals surface area contributed by atoms with E-state index in [9.17, 15) is 0 Å². The maximum Gasteiger partial charge on any atom is 0.157 e. The first kappa shape index (κ1) is 18.0. The zero-order valence-electron chi connectivity index (χ0n) is 9.49. The van der Waals surface area contributed by atoms with E-state index in [1.807, 2.05) is 0 Å². The molecule has 0 saturated carbocycles. The van der Waals surface area contributed by atoms with Crippen LogP contribution in [0.1, 0.15) is 0 Å². The average Bonchev–Trinajstić information content (AvgIpc) is 2.37. The number of rotatable bonds is 4. The molecule has 0 aliphatic rings. The predicted molar refractivity (Wildman–Crippen MR) is 62.7 cm³/mol. The molecule has 0 spiro atoms. The van der Waals surface area contributed by atoms with Crippen LogP contribution in [0.15, 0.2) is 24.3 Å². The van der Waals surface area contributed by atoms with Crippen molar-refractivity contribution in [1.82, 2.24) is 0 Å². The Balaban J connectivity index is 0. The van der Waals surface area contributed by atoms with Crippen molar-refractivity contribution in [2.45, 2.75) is 0 Å².